The molecule has 1 aromatic carbocycles. The zero-order chi connectivity index (χ0) is 16.4. The van der Waals surface area contributed by atoms with Gasteiger partial charge in [-0.05, 0) is 18.6 Å². The smallest absolute Gasteiger partial charge is 0.315 e. The molecule has 1 fully saturated rings. The van der Waals surface area contributed by atoms with Gasteiger partial charge in [0.25, 0.3) is 0 Å². The third kappa shape index (κ3) is 3.13. The van der Waals surface area contributed by atoms with E-state index in [2.05, 4.69) is 15.5 Å². The van der Waals surface area contributed by atoms with Crippen LogP contribution in [0.5, 0.6) is 0 Å². The number of rotatable bonds is 3. The van der Waals surface area contributed by atoms with Crippen molar-refractivity contribution in [1.29, 1.82) is 0 Å². The van der Waals surface area contributed by atoms with Gasteiger partial charge in [-0.25, -0.2) is 4.79 Å². The second-order valence-corrected chi connectivity index (χ2v) is 6.27. The maximum Gasteiger partial charge on any atom is 0.324 e. The Hall–Kier alpha value is -2.19. The number of hydrogen-bond donors (Lipinski definition) is 1. The van der Waals surface area contributed by atoms with Gasteiger partial charge in [-0.15, -0.1) is 10.2 Å². The van der Waals surface area contributed by atoms with E-state index in [0.717, 1.165) is 0 Å². The zero-order valence-electron chi connectivity index (χ0n) is 12.3. The average molecular weight is 352 g/mol. The molecular weight excluding hydrogens is 338 g/mol. The molecule has 1 atom stereocenters. The highest BCUT2D eigenvalue weighted by atomic mass is 35.5. The number of carbonyl (C=O) groups is 2. The van der Waals surface area contributed by atoms with Crippen molar-refractivity contribution >= 4 is 45.7 Å². The first-order valence-electron chi connectivity index (χ1n) is 6.94. The first-order chi connectivity index (χ1) is 11.1. The molecule has 3 rings (SSSR count). The number of anilines is 2. The molecule has 1 N–H and O–H groups in total. The summed E-state index contributed by atoms with van der Waals surface area (Å²) in [7, 11) is 1.59. The van der Waals surface area contributed by atoms with Crippen molar-refractivity contribution in [1.82, 2.24) is 15.1 Å². The Kier molecular flexibility index (Phi) is 4.44. The van der Waals surface area contributed by atoms with Crippen LogP contribution in [0.25, 0.3) is 0 Å². The van der Waals surface area contributed by atoms with E-state index in [1.54, 1.807) is 24.1 Å². The minimum atomic E-state index is -0.529. The van der Waals surface area contributed by atoms with Crippen LogP contribution >= 0.6 is 22.9 Å². The molecule has 23 heavy (non-hydrogen) atoms. The number of nitrogens with zero attached hydrogens (tertiary/aromatic N) is 4. The van der Waals surface area contributed by atoms with Gasteiger partial charge in [0.05, 0.1) is 10.7 Å². The number of para-hydroxylation sites is 1. The van der Waals surface area contributed by atoms with Crippen molar-refractivity contribution in [2.75, 3.05) is 23.8 Å². The standard InChI is InChI=1S/C14H14ClN5O2S/c1-19(14(22)17-13-18-16-8-23-13)11-6-7-20(12(11)21)10-5-3-2-4-9(10)15/h2-5,8,11H,6-7H2,1H3,(H,17,18,22). The van der Waals surface area contributed by atoms with Crippen molar-refractivity contribution in [2.45, 2.75) is 12.5 Å². The van der Waals surface area contributed by atoms with Crippen LogP contribution in [0, 0.1) is 0 Å². The van der Waals surface area contributed by atoms with E-state index in [-0.39, 0.29) is 11.9 Å². The lowest BCUT2D eigenvalue weighted by Gasteiger charge is -2.24. The van der Waals surface area contributed by atoms with Crippen LogP contribution in [0.3, 0.4) is 0 Å². The summed E-state index contributed by atoms with van der Waals surface area (Å²) in [6.45, 7) is 0.518. The quantitative estimate of drug-likeness (QED) is 0.921. The fourth-order valence-corrected chi connectivity index (χ4v) is 3.16. The Bertz CT molecular complexity index is 724. The monoisotopic (exact) mass is 351 g/mol. The number of amides is 3. The van der Waals surface area contributed by atoms with E-state index < -0.39 is 6.04 Å². The van der Waals surface area contributed by atoms with Gasteiger partial charge in [0.1, 0.15) is 11.6 Å². The van der Waals surface area contributed by atoms with Crippen LogP contribution < -0.4 is 10.2 Å². The summed E-state index contributed by atoms with van der Waals surface area (Å²) < 4.78 is 0. The molecule has 1 saturated heterocycles. The van der Waals surface area contributed by atoms with E-state index in [0.29, 0.717) is 28.8 Å². The molecule has 2 aromatic rings. The predicted molar refractivity (Wildman–Crippen MR) is 88.9 cm³/mol. The molecule has 7 nitrogen and oxygen atoms in total. The van der Waals surface area contributed by atoms with Crippen molar-refractivity contribution < 1.29 is 9.59 Å². The van der Waals surface area contributed by atoms with Gasteiger partial charge >= 0.3 is 6.03 Å². The molecule has 2 heterocycles. The minimum Gasteiger partial charge on any atom is -0.315 e. The zero-order valence-corrected chi connectivity index (χ0v) is 13.8. The fourth-order valence-electron chi connectivity index (χ4n) is 2.48. The second-order valence-electron chi connectivity index (χ2n) is 5.03. The number of aromatic nitrogens is 2. The molecular formula is C14H14ClN5O2S. The minimum absolute atomic E-state index is 0.145. The van der Waals surface area contributed by atoms with E-state index in [1.807, 2.05) is 12.1 Å². The van der Waals surface area contributed by atoms with Crippen LogP contribution in [0.15, 0.2) is 29.8 Å². The Balaban J connectivity index is 1.71. The third-order valence-corrected chi connectivity index (χ3v) is 4.61. The van der Waals surface area contributed by atoms with Crippen LogP contribution in [-0.4, -0.2) is 46.7 Å². The highest BCUT2D eigenvalue weighted by Gasteiger charge is 2.37. The topological polar surface area (TPSA) is 78.4 Å². The molecule has 0 aliphatic carbocycles. The Labute approximate surface area is 141 Å². The van der Waals surface area contributed by atoms with Gasteiger partial charge in [0.2, 0.25) is 11.0 Å². The van der Waals surface area contributed by atoms with Crippen molar-refractivity contribution in [3.8, 4) is 0 Å². The number of likely N-dealkylation sites (N-methyl/N-ethyl adjacent to an activating group) is 1. The van der Waals surface area contributed by atoms with Crippen molar-refractivity contribution in [2.24, 2.45) is 0 Å². The van der Waals surface area contributed by atoms with Crippen LogP contribution in [0.4, 0.5) is 15.6 Å². The summed E-state index contributed by atoms with van der Waals surface area (Å²) in [5, 5.41) is 10.9. The first-order valence-corrected chi connectivity index (χ1v) is 8.19. The number of urea groups is 1. The third-order valence-electron chi connectivity index (χ3n) is 3.68. The first kappa shape index (κ1) is 15.7. The molecule has 1 aliphatic heterocycles. The Morgan fingerprint density at radius 3 is 2.96 bits per heavy atom. The summed E-state index contributed by atoms with van der Waals surface area (Å²) in [5.74, 6) is -0.145. The SMILES string of the molecule is CN(C(=O)Nc1nncs1)C1CCN(c2ccccc2Cl)C1=O. The molecule has 120 valence electrons. The summed E-state index contributed by atoms with van der Waals surface area (Å²) >= 11 is 7.37. The average Bonchev–Trinajstić information content (AvgIpc) is 3.17. The van der Waals surface area contributed by atoms with Crippen LogP contribution in [0.1, 0.15) is 6.42 Å². The Morgan fingerprint density at radius 2 is 2.26 bits per heavy atom. The number of carbonyl (C=O) groups excluding carboxylic acids is 2. The largest absolute Gasteiger partial charge is 0.324 e. The van der Waals surface area contributed by atoms with Gasteiger partial charge in [-0.2, -0.15) is 0 Å². The van der Waals surface area contributed by atoms with E-state index in [9.17, 15) is 9.59 Å². The van der Waals surface area contributed by atoms with Crippen LogP contribution in [0.2, 0.25) is 5.02 Å². The van der Waals surface area contributed by atoms with Gasteiger partial charge in [-0.1, -0.05) is 35.1 Å². The lowest BCUT2D eigenvalue weighted by atomic mass is 10.2. The molecule has 0 bridgehead atoms. The molecule has 9 heteroatoms. The molecule has 1 unspecified atom stereocenters. The molecule has 1 aliphatic rings. The summed E-state index contributed by atoms with van der Waals surface area (Å²) in [5.41, 5.74) is 2.19. The van der Waals surface area contributed by atoms with E-state index >= 15 is 0 Å². The molecule has 0 spiro atoms. The normalized spacial score (nSPS) is 17.4. The Morgan fingerprint density at radius 1 is 1.48 bits per heavy atom. The van der Waals surface area contributed by atoms with Gasteiger partial charge in [-0.3, -0.25) is 10.1 Å². The number of halogens is 1. The molecule has 3 amide bonds. The van der Waals surface area contributed by atoms with Gasteiger partial charge in [0, 0.05) is 13.6 Å². The highest BCUT2D eigenvalue weighted by molar-refractivity contribution is 7.13. The maximum absolute atomic E-state index is 12.6. The fraction of sp³-hybridized carbons (Fsp3) is 0.286. The summed E-state index contributed by atoms with van der Waals surface area (Å²) in [4.78, 5) is 27.8. The number of hydrogen-bond acceptors (Lipinski definition) is 5. The number of benzene rings is 1. The van der Waals surface area contributed by atoms with Gasteiger partial charge < -0.3 is 9.80 Å². The summed E-state index contributed by atoms with van der Waals surface area (Å²) in [6.07, 6.45) is 0.546. The summed E-state index contributed by atoms with van der Waals surface area (Å²) in [6, 6.07) is 6.26. The molecule has 0 saturated carbocycles. The van der Waals surface area contributed by atoms with Crippen LogP contribution in [-0.2, 0) is 4.79 Å². The predicted octanol–water partition coefficient (Wildman–Crippen LogP) is 2.46. The number of nitrogens with one attached hydrogen (secondary N) is 1. The highest BCUT2D eigenvalue weighted by Crippen LogP contribution is 2.30. The van der Waals surface area contributed by atoms with E-state index in [1.165, 1.54) is 21.7 Å². The molecule has 1 aromatic heterocycles. The van der Waals surface area contributed by atoms with Gasteiger partial charge in [0.15, 0.2) is 0 Å². The van der Waals surface area contributed by atoms with Crippen molar-refractivity contribution in [3.05, 3.63) is 34.8 Å². The second kappa shape index (κ2) is 6.51. The molecule has 0 radical (unpaired) electrons. The lowest BCUT2D eigenvalue weighted by molar-refractivity contribution is -0.120. The maximum atomic E-state index is 12.6. The van der Waals surface area contributed by atoms with Crippen molar-refractivity contribution in [3.63, 3.8) is 0 Å². The van der Waals surface area contributed by atoms with E-state index in [4.69, 9.17) is 11.6 Å². The lowest BCUT2D eigenvalue weighted by Crippen LogP contribution is -2.44.